The van der Waals surface area contributed by atoms with Gasteiger partial charge in [-0.15, -0.1) is 11.3 Å². The molecule has 1 atom stereocenters. The molecule has 8 heteroatoms. The van der Waals surface area contributed by atoms with Gasteiger partial charge in [-0.1, -0.05) is 0 Å². The Morgan fingerprint density at radius 2 is 2.33 bits per heavy atom. The smallest absolute Gasteiger partial charge is 0.242 e. The van der Waals surface area contributed by atoms with Crippen molar-refractivity contribution in [2.75, 3.05) is 18.1 Å². The average Bonchev–Trinajstić information content (AvgIpc) is 2.95. The molecule has 0 amide bonds. The maximum absolute atomic E-state index is 12.2. The summed E-state index contributed by atoms with van der Waals surface area (Å²) in [6.45, 7) is 0.883. The number of halogens is 1. The third-order valence-corrected chi connectivity index (χ3v) is 7.71. The molecule has 3 N–H and O–H groups in total. The number of nitrogens with one attached hydrogen (secondary N) is 1. The zero-order chi connectivity index (χ0) is 13.2. The Morgan fingerprint density at radius 1 is 1.56 bits per heavy atom. The van der Waals surface area contributed by atoms with E-state index in [1.54, 1.807) is 6.07 Å². The number of sulfonamides is 1. The van der Waals surface area contributed by atoms with E-state index >= 15 is 0 Å². The van der Waals surface area contributed by atoms with Crippen LogP contribution in [0.2, 0.25) is 0 Å². The first kappa shape index (κ1) is 14.8. The second-order valence-corrected chi connectivity index (χ2v) is 9.48. The molecule has 1 fully saturated rings. The highest BCUT2D eigenvalue weighted by atomic mass is 79.9. The summed E-state index contributed by atoms with van der Waals surface area (Å²) in [5, 5.41) is 0. The number of rotatable bonds is 5. The van der Waals surface area contributed by atoms with Gasteiger partial charge in [-0.25, -0.2) is 13.1 Å². The molecule has 102 valence electrons. The fourth-order valence-electron chi connectivity index (χ4n) is 1.73. The van der Waals surface area contributed by atoms with E-state index in [0.29, 0.717) is 27.7 Å². The van der Waals surface area contributed by atoms with Crippen molar-refractivity contribution in [2.24, 2.45) is 11.7 Å². The monoisotopic (exact) mass is 370 g/mol. The SMILES string of the molecule is NCc1cc(S(=O)(=O)NCC2CCSC2)c(Br)s1. The predicted molar refractivity (Wildman–Crippen MR) is 80.5 cm³/mol. The van der Waals surface area contributed by atoms with Crippen LogP contribution in [0, 0.1) is 5.92 Å². The van der Waals surface area contributed by atoms with E-state index < -0.39 is 10.0 Å². The summed E-state index contributed by atoms with van der Waals surface area (Å²) >= 11 is 6.54. The molecule has 2 heterocycles. The van der Waals surface area contributed by atoms with Gasteiger partial charge >= 0.3 is 0 Å². The largest absolute Gasteiger partial charge is 0.326 e. The Labute approximate surface area is 124 Å². The molecule has 2 rings (SSSR count). The summed E-state index contributed by atoms with van der Waals surface area (Å²) in [7, 11) is -3.42. The molecule has 1 aromatic heterocycles. The highest BCUT2D eigenvalue weighted by molar-refractivity contribution is 9.11. The zero-order valence-corrected chi connectivity index (χ0v) is 13.7. The Morgan fingerprint density at radius 3 is 2.89 bits per heavy atom. The summed E-state index contributed by atoms with van der Waals surface area (Å²) in [6.07, 6.45) is 1.09. The minimum absolute atomic E-state index is 0.304. The second-order valence-electron chi connectivity index (χ2n) is 4.14. The molecule has 0 radical (unpaired) electrons. The molecular weight excluding hydrogens is 356 g/mol. The molecule has 0 spiro atoms. The van der Waals surface area contributed by atoms with Crippen molar-refractivity contribution in [1.29, 1.82) is 0 Å². The van der Waals surface area contributed by atoms with Crippen LogP contribution >= 0.6 is 39.0 Å². The van der Waals surface area contributed by atoms with Crippen LogP contribution in [-0.4, -0.2) is 26.5 Å². The number of thioether (sulfide) groups is 1. The van der Waals surface area contributed by atoms with E-state index in [-0.39, 0.29) is 0 Å². The van der Waals surface area contributed by atoms with Gasteiger partial charge in [-0.2, -0.15) is 11.8 Å². The lowest BCUT2D eigenvalue weighted by atomic mass is 10.1. The lowest BCUT2D eigenvalue weighted by molar-refractivity contribution is 0.546. The van der Waals surface area contributed by atoms with E-state index in [0.717, 1.165) is 22.8 Å². The van der Waals surface area contributed by atoms with Crippen LogP contribution < -0.4 is 10.5 Å². The van der Waals surface area contributed by atoms with Crippen molar-refractivity contribution in [3.8, 4) is 0 Å². The third-order valence-electron chi connectivity index (χ3n) is 2.78. The van der Waals surface area contributed by atoms with Crippen LogP contribution in [0.15, 0.2) is 14.7 Å². The molecular formula is C10H15BrN2O2S3. The van der Waals surface area contributed by atoms with E-state index in [1.807, 2.05) is 11.8 Å². The maximum atomic E-state index is 12.2. The molecule has 0 aliphatic carbocycles. The number of thiophene rings is 1. The summed E-state index contributed by atoms with van der Waals surface area (Å²) < 4.78 is 27.6. The molecule has 1 aromatic rings. The molecule has 18 heavy (non-hydrogen) atoms. The molecule has 0 bridgehead atoms. The van der Waals surface area contributed by atoms with Gasteiger partial charge in [0.15, 0.2) is 0 Å². The van der Waals surface area contributed by atoms with E-state index in [9.17, 15) is 8.42 Å². The lowest BCUT2D eigenvalue weighted by Crippen LogP contribution is -2.29. The predicted octanol–water partition coefficient (Wildman–Crippen LogP) is 2.00. The summed E-state index contributed by atoms with van der Waals surface area (Å²) in [6, 6.07) is 1.64. The van der Waals surface area contributed by atoms with Crippen molar-refractivity contribution in [3.05, 3.63) is 14.7 Å². The Bertz CT molecular complexity index is 509. The van der Waals surface area contributed by atoms with Crippen LogP contribution in [0.3, 0.4) is 0 Å². The van der Waals surface area contributed by atoms with Crippen LogP contribution in [0.5, 0.6) is 0 Å². The van der Waals surface area contributed by atoms with Crippen molar-refractivity contribution >= 4 is 49.1 Å². The summed E-state index contributed by atoms with van der Waals surface area (Å²) in [5.41, 5.74) is 5.52. The standard InChI is InChI=1S/C10H15BrN2O2S3/c11-10-9(3-8(4-12)17-10)18(14,15)13-5-7-1-2-16-6-7/h3,7,13H,1-2,4-6,12H2. The van der Waals surface area contributed by atoms with Gasteiger partial charge in [0.25, 0.3) is 0 Å². The Kier molecular flexibility index (Phi) is 5.13. The quantitative estimate of drug-likeness (QED) is 0.831. The molecule has 0 saturated carbocycles. The van der Waals surface area contributed by atoms with Crippen molar-refractivity contribution in [2.45, 2.75) is 17.9 Å². The first-order chi connectivity index (χ1) is 8.53. The van der Waals surface area contributed by atoms with Crippen LogP contribution in [0.4, 0.5) is 0 Å². The van der Waals surface area contributed by atoms with Crippen molar-refractivity contribution in [3.63, 3.8) is 0 Å². The van der Waals surface area contributed by atoms with Gasteiger partial charge in [0.2, 0.25) is 10.0 Å². The third kappa shape index (κ3) is 3.49. The minimum Gasteiger partial charge on any atom is -0.326 e. The van der Waals surface area contributed by atoms with Gasteiger partial charge in [0, 0.05) is 18.0 Å². The zero-order valence-electron chi connectivity index (χ0n) is 9.69. The van der Waals surface area contributed by atoms with Crippen LogP contribution in [-0.2, 0) is 16.6 Å². The van der Waals surface area contributed by atoms with Gasteiger partial charge in [0.05, 0.1) is 3.79 Å². The van der Waals surface area contributed by atoms with E-state index in [1.165, 1.54) is 11.3 Å². The molecule has 1 aliphatic heterocycles. The fraction of sp³-hybridized carbons (Fsp3) is 0.600. The number of nitrogens with two attached hydrogens (primary N) is 1. The maximum Gasteiger partial charge on any atom is 0.242 e. The van der Waals surface area contributed by atoms with Crippen molar-refractivity contribution < 1.29 is 8.42 Å². The molecule has 4 nitrogen and oxygen atoms in total. The Hall–Kier alpha value is 0.400. The average molecular weight is 371 g/mol. The second kappa shape index (κ2) is 6.23. The first-order valence-corrected chi connectivity index (χ1v) is 9.83. The van der Waals surface area contributed by atoms with Gasteiger partial charge in [-0.3, -0.25) is 0 Å². The molecule has 1 aliphatic rings. The minimum atomic E-state index is -3.42. The highest BCUT2D eigenvalue weighted by Crippen LogP contribution is 2.31. The lowest BCUT2D eigenvalue weighted by Gasteiger charge is -2.10. The highest BCUT2D eigenvalue weighted by Gasteiger charge is 2.23. The summed E-state index contributed by atoms with van der Waals surface area (Å²) in [5.74, 6) is 2.63. The van der Waals surface area contributed by atoms with Gasteiger partial charge in [0.1, 0.15) is 4.90 Å². The molecule has 1 unspecified atom stereocenters. The number of hydrogen-bond donors (Lipinski definition) is 2. The van der Waals surface area contributed by atoms with E-state index in [2.05, 4.69) is 20.7 Å². The van der Waals surface area contributed by atoms with Crippen LogP contribution in [0.1, 0.15) is 11.3 Å². The molecule has 1 saturated heterocycles. The van der Waals surface area contributed by atoms with Gasteiger partial charge in [-0.05, 0) is 45.8 Å². The Balaban J connectivity index is 2.06. The fourth-order valence-corrected chi connectivity index (χ4v) is 6.69. The molecule has 0 aromatic carbocycles. The topological polar surface area (TPSA) is 72.2 Å². The normalized spacial score (nSPS) is 20.4. The van der Waals surface area contributed by atoms with E-state index in [4.69, 9.17) is 5.73 Å². The van der Waals surface area contributed by atoms with Crippen molar-refractivity contribution in [1.82, 2.24) is 4.72 Å². The van der Waals surface area contributed by atoms with Crippen LogP contribution in [0.25, 0.3) is 0 Å². The number of hydrogen-bond acceptors (Lipinski definition) is 5. The van der Waals surface area contributed by atoms with Gasteiger partial charge < -0.3 is 5.73 Å². The first-order valence-electron chi connectivity index (χ1n) is 5.58. The summed E-state index contributed by atoms with van der Waals surface area (Å²) in [4.78, 5) is 1.16.